The first kappa shape index (κ1) is 44.7. The number of benzene rings is 14. The number of hydrogen-bond donors (Lipinski definition) is 0. The second-order valence-electron chi connectivity index (χ2n) is 19.6. The van der Waals surface area contributed by atoms with Crippen molar-refractivity contribution in [1.29, 1.82) is 0 Å². The number of fused-ring (bicyclic) bond motifs is 5. The molecule has 0 aliphatic heterocycles. The van der Waals surface area contributed by atoms with Gasteiger partial charge in [-0.25, -0.2) is 0 Å². The lowest BCUT2D eigenvalue weighted by Crippen LogP contribution is -2.14. The molecular formula is C74H50N2. The minimum absolute atomic E-state index is 1.06. The van der Waals surface area contributed by atoms with E-state index in [1.54, 1.807) is 0 Å². The number of hydrogen-bond acceptors (Lipinski definition) is 2. The lowest BCUT2D eigenvalue weighted by Gasteiger charge is -2.32. The average Bonchev–Trinajstić information content (AvgIpc) is 3.58. The van der Waals surface area contributed by atoms with E-state index in [0.29, 0.717) is 0 Å². The third-order valence-corrected chi connectivity index (χ3v) is 15.2. The fraction of sp³-hybridized carbons (Fsp3) is 0. The minimum atomic E-state index is 1.06. The number of nitrogens with zero attached hydrogens (tertiary/aromatic N) is 2. The van der Waals surface area contributed by atoms with Crippen LogP contribution in [0.15, 0.2) is 303 Å². The normalized spacial score (nSPS) is 11.4. The molecular weight excluding hydrogens is 917 g/mol. The van der Waals surface area contributed by atoms with Crippen molar-refractivity contribution in [2.75, 3.05) is 9.80 Å². The molecule has 14 rings (SSSR count). The third-order valence-electron chi connectivity index (χ3n) is 15.2. The van der Waals surface area contributed by atoms with Crippen molar-refractivity contribution in [2.45, 2.75) is 0 Å². The van der Waals surface area contributed by atoms with Gasteiger partial charge in [0.1, 0.15) is 0 Å². The Morgan fingerprint density at radius 1 is 0.171 bits per heavy atom. The predicted molar refractivity (Wildman–Crippen MR) is 325 cm³/mol. The second-order valence-corrected chi connectivity index (χ2v) is 19.6. The van der Waals surface area contributed by atoms with Crippen molar-refractivity contribution >= 4 is 88.0 Å². The van der Waals surface area contributed by atoms with Gasteiger partial charge in [-0.3, -0.25) is 0 Å². The number of rotatable bonds is 10. The van der Waals surface area contributed by atoms with Gasteiger partial charge in [0, 0.05) is 33.1 Å². The van der Waals surface area contributed by atoms with Gasteiger partial charge in [-0.05, 0) is 137 Å². The molecule has 14 aromatic rings. The highest BCUT2D eigenvalue weighted by atomic mass is 15.2. The molecule has 0 N–H and O–H groups in total. The van der Waals surface area contributed by atoms with E-state index in [-0.39, 0.29) is 0 Å². The van der Waals surface area contributed by atoms with Gasteiger partial charge in [0.25, 0.3) is 0 Å². The molecule has 2 heteroatoms. The molecule has 14 aromatic carbocycles. The third kappa shape index (κ3) is 8.01. The van der Waals surface area contributed by atoms with Crippen LogP contribution in [-0.2, 0) is 0 Å². The van der Waals surface area contributed by atoms with E-state index in [9.17, 15) is 0 Å². The fourth-order valence-electron chi connectivity index (χ4n) is 11.6. The summed E-state index contributed by atoms with van der Waals surface area (Å²) in [6.07, 6.45) is 0. The van der Waals surface area contributed by atoms with Crippen molar-refractivity contribution in [3.8, 4) is 44.5 Å². The molecule has 76 heavy (non-hydrogen) atoms. The summed E-state index contributed by atoms with van der Waals surface area (Å²) in [5, 5.41) is 11.9. The van der Waals surface area contributed by atoms with Crippen LogP contribution in [0.3, 0.4) is 0 Å². The van der Waals surface area contributed by atoms with Gasteiger partial charge in [0.15, 0.2) is 0 Å². The molecule has 2 nitrogen and oxygen atoms in total. The van der Waals surface area contributed by atoms with Crippen LogP contribution in [0.1, 0.15) is 0 Å². The van der Waals surface area contributed by atoms with E-state index >= 15 is 0 Å². The molecule has 356 valence electrons. The van der Waals surface area contributed by atoms with Gasteiger partial charge in [-0.15, -0.1) is 0 Å². The Hall–Kier alpha value is -10.0. The molecule has 0 saturated carbocycles. The van der Waals surface area contributed by atoms with Gasteiger partial charge >= 0.3 is 0 Å². The Labute approximate surface area is 443 Å². The van der Waals surface area contributed by atoms with Gasteiger partial charge < -0.3 is 9.80 Å². The first-order valence-electron chi connectivity index (χ1n) is 26.2. The largest absolute Gasteiger partial charge is 0.309 e. The monoisotopic (exact) mass is 966 g/mol. The molecule has 0 bridgehead atoms. The Balaban J connectivity index is 1.06. The Morgan fingerprint density at radius 2 is 0.553 bits per heavy atom. The van der Waals surface area contributed by atoms with Crippen LogP contribution < -0.4 is 9.80 Å². The van der Waals surface area contributed by atoms with Crippen LogP contribution >= 0.6 is 0 Å². The quantitative estimate of drug-likeness (QED) is 0.135. The highest BCUT2D eigenvalue weighted by Crippen LogP contribution is 2.50. The molecule has 0 aromatic heterocycles. The highest BCUT2D eigenvalue weighted by Gasteiger charge is 2.25. The molecule has 0 radical (unpaired) electrons. The Kier molecular flexibility index (Phi) is 11.2. The van der Waals surface area contributed by atoms with Crippen molar-refractivity contribution < 1.29 is 0 Å². The van der Waals surface area contributed by atoms with E-state index in [1.165, 1.54) is 65.3 Å². The lowest BCUT2D eigenvalue weighted by molar-refractivity contribution is 1.29. The first-order chi connectivity index (χ1) is 37.7. The van der Waals surface area contributed by atoms with Crippen molar-refractivity contribution in [3.05, 3.63) is 303 Å². The summed E-state index contributed by atoms with van der Waals surface area (Å²) >= 11 is 0. The molecule has 0 heterocycles. The molecule has 0 aliphatic carbocycles. The summed E-state index contributed by atoms with van der Waals surface area (Å²) in [5.41, 5.74) is 15.8. The van der Waals surface area contributed by atoms with Crippen LogP contribution in [0.25, 0.3) is 98.4 Å². The molecule has 0 unspecified atom stereocenters. The second kappa shape index (κ2) is 19.1. The average molecular weight is 967 g/mol. The lowest BCUT2D eigenvalue weighted by atomic mass is 9.92. The van der Waals surface area contributed by atoms with E-state index in [4.69, 9.17) is 0 Å². The maximum atomic E-state index is 2.50. The first-order valence-corrected chi connectivity index (χ1v) is 26.2. The van der Waals surface area contributed by atoms with Crippen LogP contribution in [-0.4, -0.2) is 0 Å². The van der Waals surface area contributed by atoms with Crippen LogP contribution in [0, 0.1) is 0 Å². The SMILES string of the molecule is c1ccc(-c2cc(N(c3ccc(-c4cccc5ccccc45)cc3)c3cccc4ccccc34)c3cc(N(c4ccc(-c5cccc6ccccc56)cc4)c4cccc5ccccc45)c(-c4ccccc4)cc3c2)cc1. The summed E-state index contributed by atoms with van der Waals surface area (Å²) in [5.74, 6) is 0. The highest BCUT2D eigenvalue weighted by molar-refractivity contribution is 6.11. The fourth-order valence-corrected chi connectivity index (χ4v) is 11.6. The summed E-state index contributed by atoms with van der Waals surface area (Å²) in [6.45, 7) is 0. The zero-order chi connectivity index (χ0) is 50.4. The molecule has 0 aliphatic rings. The van der Waals surface area contributed by atoms with E-state index in [0.717, 1.165) is 67.2 Å². The Bertz CT molecular complexity index is 4430. The minimum Gasteiger partial charge on any atom is -0.309 e. The van der Waals surface area contributed by atoms with Gasteiger partial charge in [0.2, 0.25) is 0 Å². The predicted octanol–water partition coefficient (Wildman–Crippen LogP) is 21.1. The standard InChI is InChI=1S/C74H50N2/c1-3-19-51(20-4-1)59-47-60-48-69(56-21-5-2-6-22-56)74(76(72-38-18-30-55-26-10-14-34-68(55)72)62-45-41-58(42-46-62)66-36-16-28-53-24-8-12-32-64(53)66)50-70(60)73(49-59)75(71-37-17-29-54-25-9-13-33-67(54)71)61-43-39-57(40-44-61)65-35-15-27-52-23-7-11-31-63(52)65/h1-50H. The zero-order valence-corrected chi connectivity index (χ0v) is 41.8. The topological polar surface area (TPSA) is 6.48 Å². The van der Waals surface area contributed by atoms with Crippen LogP contribution in [0.5, 0.6) is 0 Å². The molecule has 0 saturated heterocycles. The Morgan fingerprint density at radius 3 is 1.05 bits per heavy atom. The van der Waals surface area contributed by atoms with Gasteiger partial charge in [-0.1, -0.05) is 243 Å². The summed E-state index contributed by atoms with van der Waals surface area (Å²) in [6, 6.07) is 111. The molecule has 0 atom stereocenters. The summed E-state index contributed by atoms with van der Waals surface area (Å²) < 4.78 is 0. The maximum absolute atomic E-state index is 2.50. The van der Waals surface area contributed by atoms with Crippen LogP contribution in [0.2, 0.25) is 0 Å². The van der Waals surface area contributed by atoms with E-state index in [1.807, 2.05) is 0 Å². The maximum Gasteiger partial charge on any atom is 0.0547 e. The number of anilines is 6. The summed E-state index contributed by atoms with van der Waals surface area (Å²) in [4.78, 5) is 4.99. The van der Waals surface area contributed by atoms with E-state index < -0.39 is 0 Å². The van der Waals surface area contributed by atoms with Crippen molar-refractivity contribution in [1.82, 2.24) is 0 Å². The molecule has 0 amide bonds. The molecule has 0 spiro atoms. The molecule has 0 fully saturated rings. The van der Waals surface area contributed by atoms with Gasteiger partial charge in [-0.2, -0.15) is 0 Å². The van der Waals surface area contributed by atoms with Gasteiger partial charge in [0.05, 0.1) is 22.7 Å². The smallest absolute Gasteiger partial charge is 0.0547 e. The van der Waals surface area contributed by atoms with Crippen molar-refractivity contribution in [2.24, 2.45) is 0 Å². The van der Waals surface area contributed by atoms with E-state index in [2.05, 4.69) is 313 Å². The summed E-state index contributed by atoms with van der Waals surface area (Å²) in [7, 11) is 0. The van der Waals surface area contributed by atoms with Crippen molar-refractivity contribution in [3.63, 3.8) is 0 Å². The van der Waals surface area contributed by atoms with Crippen LogP contribution in [0.4, 0.5) is 34.1 Å². The zero-order valence-electron chi connectivity index (χ0n) is 41.8.